The van der Waals surface area contributed by atoms with E-state index in [2.05, 4.69) is 26.1 Å². The van der Waals surface area contributed by atoms with Gasteiger partial charge < -0.3 is 14.4 Å². The lowest BCUT2D eigenvalue weighted by Crippen LogP contribution is -2.24. The van der Waals surface area contributed by atoms with E-state index in [1.54, 1.807) is 20.4 Å². The van der Waals surface area contributed by atoms with Crippen LogP contribution in [-0.2, 0) is 6.42 Å². The monoisotopic (exact) mass is 367 g/mol. The summed E-state index contributed by atoms with van der Waals surface area (Å²) in [7, 11) is 5.15. The number of ether oxygens (including phenoxy) is 2. The highest BCUT2D eigenvalue weighted by Gasteiger charge is 2.10. The van der Waals surface area contributed by atoms with Gasteiger partial charge in [0.25, 0.3) is 5.56 Å². The number of likely N-dealkylation sites (N-methyl/N-ethyl adjacent to an activating group) is 1. The van der Waals surface area contributed by atoms with E-state index in [4.69, 9.17) is 9.47 Å². The van der Waals surface area contributed by atoms with Crippen molar-refractivity contribution in [2.45, 2.75) is 6.42 Å². The van der Waals surface area contributed by atoms with Gasteiger partial charge >= 0.3 is 0 Å². The summed E-state index contributed by atoms with van der Waals surface area (Å²) >= 11 is 3.29. The first-order valence-corrected chi connectivity index (χ1v) is 7.51. The average Bonchev–Trinajstić information content (AvgIpc) is 2.54. The maximum absolute atomic E-state index is 11.6. The lowest BCUT2D eigenvalue weighted by atomic mass is 10.1. The minimum atomic E-state index is -0.240. The molecule has 0 saturated heterocycles. The first-order chi connectivity index (χ1) is 10.6. The molecule has 6 nitrogen and oxygen atoms in total. The van der Waals surface area contributed by atoms with Crippen LogP contribution in [0.25, 0.3) is 0 Å². The lowest BCUT2D eigenvalue weighted by molar-refractivity contribution is 0.354. The zero-order chi connectivity index (χ0) is 16.1. The van der Waals surface area contributed by atoms with Crippen LogP contribution >= 0.6 is 15.9 Å². The molecular weight excluding hydrogens is 350 g/mol. The van der Waals surface area contributed by atoms with Crippen molar-refractivity contribution in [2.24, 2.45) is 0 Å². The number of hydrogen-bond acceptors (Lipinski definition) is 5. The van der Waals surface area contributed by atoms with Crippen LogP contribution in [0, 0.1) is 0 Å². The van der Waals surface area contributed by atoms with E-state index in [0.29, 0.717) is 16.0 Å². The molecule has 1 aromatic heterocycles. The third-order valence-corrected chi connectivity index (χ3v) is 4.14. The van der Waals surface area contributed by atoms with Gasteiger partial charge in [0.15, 0.2) is 11.5 Å². The van der Waals surface area contributed by atoms with E-state index in [-0.39, 0.29) is 5.56 Å². The van der Waals surface area contributed by atoms with E-state index in [0.717, 1.165) is 24.2 Å². The standard InChI is InChI=1S/C15H18BrN3O3/c1-19(11-9-17-18-15(20)14(11)16)7-6-10-4-5-12(21-2)13(8-10)22-3/h4-5,8-9H,6-7H2,1-3H3,(H,18,20). The number of rotatable bonds is 6. The van der Waals surface area contributed by atoms with Crippen molar-refractivity contribution in [3.05, 3.63) is 44.8 Å². The molecule has 0 aliphatic heterocycles. The van der Waals surface area contributed by atoms with Gasteiger partial charge in [-0.2, -0.15) is 5.10 Å². The summed E-state index contributed by atoms with van der Waals surface area (Å²) in [6.45, 7) is 0.735. The molecule has 2 aromatic rings. The second kappa shape index (κ2) is 7.31. The molecule has 0 saturated carbocycles. The minimum absolute atomic E-state index is 0.240. The smallest absolute Gasteiger partial charge is 0.280 e. The number of aromatic amines is 1. The molecule has 7 heteroatoms. The molecule has 2 rings (SSSR count). The summed E-state index contributed by atoms with van der Waals surface area (Å²) in [4.78, 5) is 13.5. The van der Waals surface area contributed by atoms with Crippen molar-refractivity contribution in [1.29, 1.82) is 0 Å². The predicted molar refractivity (Wildman–Crippen MR) is 89.1 cm³/mol. The van der Waals surface area contributed by atoms with Crippen LogP contribution in [0.3, 0.4) is 0 Å². The van der Waals surface area contributed by atoms with Gasteiger partial charge in [-0.25, -0.2) is 5.10 Å². The van der Waals surface area contributed by atoms with Gasteiger partial charge in [0.05, 0.1) is 26.1 Å². The van der Waals surface area contributed by atoms with Crippen LogP contribution in [0.2, 0.25) is 0 Å². The summed E-state index contributed by atoms with van der Waals surface area (Å²) in [5, 5.41) is 6.21. The number of anilines is 1. The Hall–Kier alpha value is -2.02. The highest BCUT2D eigenvalue weighted by molar-refractivity contribution is 9.10. The van der Waals surface area contributed by atoms with E-state index in [1.165, 1.54) is 0 Å². The topological polar surface area (TPSA) is 67.5 Å². The molecule has 1 heterocycles. The first kappa shape index (κ1) is 16.4. The van der Waals surface area contributed by atoms with Gasteiger partial charge in [-0.1, -0.05) is 6.07 Å². The highest BCUT2D eigenvalue weighted by atomic mass is 79.9. The van der Waals surface area contributed by atoms with Crippen LogP contribution in [0.15, 0.2) is 33.7 Å². The third kappa shape index (κ3) is 3.59. The number of methoxy groups -OCH3 is 2. The van der Waals surface area contributed by atoms with Gasteiger partial charge in [-0.05, 0) is 40.0 Å². The number of nitrogens with one attached hydrogen (secondary N) is 1. The quantitative estimate of drug-likeness (QED) is 0.847. The Balaban J connectivity index is 2.09. The Kier molecular flexibility index (Phi) is 5.43. The largest absolute Gasteiger partial charge is 0.493 e. The first-order valence-electron chi connectivity index (χ1n) is 6.72. The number of hydrogen-bond donors (Lipinski definition) is 1. The Morgan fingerprint density at radius 3 is 2.68 bits per heavy atom. The Bertz CT molecular complexity index is 703. The van der Waals surface area contributed by atoms with Crippen LogP contribution < -0.4 is 19.9 Å². The van der Waals surface area contributed by atoms with Crippen molar-refractivity contribution in [3.63, 3.8) is 0 Å². The van der Waals surface area contributed by atoms with Gasteiger partial charge in [-0.3, -0.25) is 4.79 Å². The van der Waals surface area contributed by atoms with Crippen molar-refractivity contribution in [1.82, 2.24) is 10.2 Å². The number of nitrogens with zero attached hydrogens (tertiary/aromatic N) is 2. The average molecular weight is 368 g/mol. The summed E-state index contributed by atoms with van der Waals surface area (Å²) in [6.07, 6.45) is 2.43. The van der Waals surface area contributed by atoms with Crippen molar-refractivity contribution in [3.8, 4) is 11.5 Å². The molecule has 0 atom stereocenters. The normalized spacial score (nSPS) is 10.4. The minimum Gasteiger partial charge on any atom is -0.493 e. The van der Waals surface area contributed by atoms with Crippen LogP contribution in [0.1, 0.15) is 5.56 Å². The van der Waals surface area contributed by atoms with Crippen LogP contribution in [0.5, 0.6) is 11.5 Å². The predicted octanol–water partition coefficient (Wildman–Crippen LogP) is 2.23. The summed E-state index contributed by atoms with van der Waals surface area (Å²) in [5.41, 5.74) is 1.64. The maximum atomic E-state index is 11.6. The molecule has 0 aliphatic rings. The Labute approximate surface area is 137 Å². The van der Waals surface area contributed by atoms with Crippen LogP contribution in [0.4, 0.5) is 5.69 Å². The summed E-state index contributed by atoms with van der Waals surface area (Å²) in [6, 6.07) is 5.84. The van der Waals surface area contributed by atoms with E-state index < -0.39 is 0 Å². The molecule has 0 radical (unpaired) electrons. The number of benzene rings is 1. The van der Waals surface area contributed by atoms with Gasteiger partial charge in [0.1, 0.15) is 4.47 Å². The highest BCUT2D eigenvalue weighted by Crippen LogP contribution is 2.28. The van der Waals surface area contributed by atoms with E-state index in [1.807, 2.05) is 30.1 Å². The number of aromatic nitrogens is 2. The maximum Gasteiger partial charge on any atom is 0.280 e. The molecule has 1 aromatic carbocycles. The number of halogens is 1. The molecule has 0 aliphatic carbocycles. The van der Waals surface area contributed by atoms with E-state index in [9.17, 15) is 4.79 Å². The second-order valence-electron chi connectivity index (χ2n) is 4.76. The van der Waals surface area contributed by atoms with Crippen molar-refractivity contribution >= 4 is 21.6 Å². The van der Waals surface area contributed by atoms with Gasteiger partial charge in [-0.15, -0.1) is 0 Å². The molecule has 1 N–H and O–H groups in total. The zero-order valence-corrected chi connectivity index (χ0v) is 14.3. The molecule has 0 spiro atoms. The number of H-pyrrole nitrogens is 1. The van der Waals surface area contributed by atoms with Crippen LogP contribution in [-0.4, -0.2) is 38.0 Å². The summed E-state index contributed by atoms with van der Waals surface area (Å²) < 4.78 is 11.0. The summed E-state index contributed by atoms with van der Waals surface area (Å²) in [5.74, 6) is 1.42. The molecular formula is C15H18BrN3O3. The Morgan fingerprint density at radius 1 is 1.27 bits per heavy atom. The second-order valence-corrected chi connectivity index (χ2v) is 5.55. The molecule has 0 fully saturated rings. The Morgan fingerprint density at radius 2 is 2.00 bits per heavy atom. The van der Waals surface area contributed by atoms with Gasteiger partial charge in [0.2, 0.25) is 0 Å². The fourth-order valence-electron chi connectivity index (χ4n) is 2.09. The molecule has 0 bridgehead atoms. The fraction of sp³-hybridized carbons (Fsp3) is 0.333. The molecule has 22 heavy (non-hydrogen) atoms. The third-order valence-electron chi connectivity index (χ3n) is 3.37. The SMILES string of the molecule is COc1ccc(CCN(C)c2cn[nH]c(=O)c2Br)cc1OC. The van der Waals surface area contributed by atoms with Crippen molar-refractivity contribution < 1.29 is 9.47 Å². The van der Waals surface area contributed by atoms with Gasteiger partial charge in [0, 0.05) is 13.6 Å². The molecule has 0 unspecified atom stereocenters. The van der Waals surface area contributed by atoms with Crippen molar-refractivity contribution in [2.75, 3.05) is 32.7 Å². The van der Waals surface area contributed by atoms with E-state index >= 15 is 0 Å². The molecule has 0 amide bonds. The molecule has 118 valence electrons. The zero-order valence-electron chi connectivity index (χ0n) is 12.7. The lowest BCUT2D eigenvalue weighted by Gasteiger charge is -2.20. The fourth-order valence-corrected chi connectivity index (χ4v) is 2.59.